The van der Waals surface area contributed by atoms with Crippen LogP contribution >= 0.6 is 0 Å². The van der Waals surface area contributed by atoms with Gasteiger partial charge < -0.3 is 10.1 Å². The Morgan fingerprint density at radius 2 is 2.05 bits per heavy atom. The van der Waals surface area contributed by atoms with Gasteiger partial charge in [-0.15, -0.1) is 0 Å². The van der Waals surface area contributed by atoms with Crippen LogP contribution in [0.2, 0.25) is 0 Å². The molecule has 1 fully saturated rings. The van der Waals surface area contributed by atoms with Gasteiger partial charge in [0.1, 0.15) is 11.9 Å². The number of hydrogen-bond donors (Lipinski definition) is 1. The van der Waals surface area contributed by atoms with Gasteiger partial charge >= 0.3 is 0 Å². The van der Waals surface area contributed by atoms with Gasteiger partial charge in [-0.2, -0.15) is 0 Å². The van der Waals surface area contributed by atoms with Crippen molar-refractivity contribution in [1.82, 2.24) is 5.32 Å². The Hall–Kier alpha value is -1.02. The van der Waals surface area contributed by atoms with Crippen molar-refractivity contribution in [2.75, 3.05) is 6.54 Å². The SMILES string of the molecule is CCCNCc1cccc(OC2CCCCC2CC)c1. The first-order chi connectivity index (χ1) is 9.83. The summed E-state index contributed by atoms with van der Waals surface area (Å²) in [6.07, 6.45) is 8.08. The number of nitrogens with one attached hydrogen (secondary N) is 1. The van der Waals surface area contributed by atoms with Gasteiger partial charge in [-0.05, 0) is 62.3 Å². The van der Waals surface area contributed by atoms with E-state index in [2.05, 4.69) is 43.4 Å². The first kappa shape index (κ1) is 15.4. The Kier molecular flexibility index (Phi) is 6.38. The van der Waals surface area contributed by atoms with E-state index in [1.807, 2.05) is 0 Å². The van der Waals surface area contributed by atoms with Crippen LogP contribution in [0, 0.1) is 5.92 Å². The van der Waals surface area contributed by atoms with Gasteiger partial charge in [0.2, 0.25) is 0 Å². The maximum Gasteiger partial charge on any atom is 0.120 e. The van der Waals surface area contributed by atoms with E-state index in [0.29, 0.717) is 6.10 Å². The van der Waals surface area contributed by atoms with Crippen molar-refractivity contribution in [3.05, 3.63) is 29.8 Å². The average molecular weight is 275 g/mol. The maximum atomic E-state index is 6.28. The van der Waals surface area contributed by atoms with E-state index < -0.39 is 0 Å². The van der Waals surface area contributed by atoms with Crippen LogP contribution in [0.5, 0.6) is 5.75 Å². The van der Waals surface area contributed by atoms with E-state index in [-0.39, 0.29) is 0 Å². The van der Waals surface area contributed by atoms with Crippen LogP contribution < -0.4 is 10.1 Å². The second-order valence-electron chi connectivity index (χ2n) is 5.93. The van der Waals surface area contributed by atoms with Gasteiger partial charge in [-0.3, -0.25) is 0 Å². The van der Waals surface area contributed by atoms with E-state index in [1.54, 1.807) is 0 Å². The summed E-state index contributed by atoms with van der Waals surface area (Å²) in [6, 6.07) is 8.59. The number of ether oxygens (including phenoxy) is 1. The fraction of sp³-hybridized carbons (Fsp3) is 0.667. The van der Waals surface area contributed by atoms with Crippen molar-refractivity contribution >= 4 is 0 Å². The Bertz CT molecular complexity index is 391. The lowest BCUT2D eigenvalue weighted by Gasteiger charge is -2.31. The lowest BCUT2D eigenvalue weighted by molar-refractivity contribution is 0.0903. The molecule has 1 aliphatic carbocycles. The first-order valence-corrected chi connectivity index (χ1v) is 8.29. The molecule has 0 heterocycles. The average Bonchev–Trinajstić information content (AvgIpc) is 2.48. The molecule has 112 valence electrons. The van der Waals surface area contributed by atoms with Gasteiger partial charge in [0.15, 0.2) is 0 Å². The summed E-state index contributed by atoms with van der Waals surface area (Å²) in [5.41, 5.74) is 1.32. The molecular formula is C18H29NO. The highest BCUT2D eigenvalue weighted by molar-refractivity contribution is 5.28. The molecule has 1 aromatic rings. The van der Waals surface area contributed by atoms with E-state index in [9.17, 15) is 0 Å². The molecule has 1 aliphatic rings. The minimum Gasteiger partial charge on any atom is -0.490 e. The Balaban J connectivity index is 1.92. The molecule has 20 heavy (non-hydrogen) atoms. The highest BCUT2D eigenvalue weighted by Crippen LogP contribution is 2.30. The van der Waals surface area contributed by atoms with Crippen molar-refractivity contribution in [3.8, 4) is 5.75 Å². The zero-order valence-electron chi connectivity index (χ0n) is 13.0. The zero-order chi connectivity index (χ0) is 14.2. The van der Waals surface area contributed by atoms with Crippen molar-refractivity contribution in [3.63, 3.8) is 0 Å². The molecule has 2 heteroatoms. The fourth-order valence-electron chi connectivity index (χ4n) is 3.11. The molecule has 0 saturated heterocycles. The van der Waals surface area contributed by atoms with E-state index in [1.165, 1.54) is 44.1 Å². The van der Waals surface area contributed by atoms with Gasteiger partial charge in [0.05, 0.1) is 0 Å². The Morgan fingerprint density at radius 1 is 1.20 bits per heavy atom. The molecule has 2 unspecified atom stereocenters. The summed E-state index contributed by atoms with van der Waals surface area (Å²) in [6.45, 7) is 6.50. The molecule has 1 saturated carbocycles. The van der Waals surface area contributed by atoms with Gasteiger partial charge in [0.25, 0.3) is 0 Å². The molecule has 0 aliphatic heterocycles. The minimum atomic E-state index is 0.424. The van der Waals surface area contributed by atoms with Crippen molar-refractivity contribution in [2.45, 2.75) is 65.0 Å². The largest absolute Gasteiger partial charge is 0.490 e. The second kappa shape index (κ2) is 8.31. The lowest BCUT2D eigenvalue weighted by Crippen LogP contribution is -2.29. The number of rotatable bonds is 7. The summed E-state index contributed by atoms with van der Waals surface area (Å²) in [4.78, 5) is 0. The molecule has 2 nitrogen and oxygen atoms in total. The summed E-state index contributed by atoms with van der Waals surface area (Å²) in [5.74, 6) is 1.79. The fourth-order valence-corrected chi connectivity index (χ4v) is 3.11. The molecule has 1 aromatic carbocycles. The minimum absolute atomic E-state index is 0.424. The molecule has 1 N–H and O–H groups in total. The zero-order valence-corrected chi connectivity index (χ0v) is 13.0. The summed E-state index contributed by atoms with van der Waals surface area (Å²) < 4.78 is 6.28. The Morgan fingerprint density at radius 3 is 2.85 bits per heavy atom. The van der Waals surface area contributed by atoms with Crippen LogP contribution in [-0.2, 0) is 6.54 Å². The third-order valence-corrected chi connectivity index (χ3v) is 4.31. The summed E-state index contributed by atoms with van der Waals surface area (Å²) >= 11 is 0. The third-order valence-electron chi connectivity index (χ3n) is 4.31. The lowest BCUT2D eigenvalue weighted by atomic mass is 9.85. The highest BCUT2D eigenvalue weighted by Gasteiger charge is 2.25. The van der Waals surface area contributed by atoms with E-state index >= 15 is 0 Å². The van der Waals surface area contributed by atoms with Crippen molar-refractivity contribution in [2.24, 2.45) is 5.92 Å². The monoisotopic (exact) mass is 275 g/mol. The smallest absolute Gasteiger partial charge is 0.120 e. The predicted octanol–water partition coefficient (Wildman–Crippen LogP) is 4.53. The van der Waals surface area contributed by atoms with Crippen LogP contribution in [0.1, 0.15) is 57.9 Å². The Labute approximate surface area is 123 Å². The van der Waals surface area contributed by atoms with E-state index in [0.717, 1.165) is 24.8 Å². The van der Waals surface area contributed by atoms with Crippen LogP contribution in [0.4, 0.5) is 0 Å². The molecule has 0 amide bonds. The maximum absolute atomic E-state index is 6.28. The molecule has 0 bridgehead atoms. The van der Waals surface area contributed by atoms with Crippen LogP contribution in [0.25, 0.3) is 0 Å². The quantitative estimate of drug-likeness (QED) is 0.738. The third kappa shape index (κ3) is 4.52. The first-order valence-electron chi connectivity index (χ1n) is 8.29. The highest BCUT2D eigenvalue weighted by atomic mass is 16.5. The van der Waals surface area contributed by atoms with Crippen molar-refractivity contribution < 1.29 is 4.74 Å². The molecule has 0 aromatic heterocycles. The number of hydrogen-bond acceptors (Lipinski definition) is 2. The van der Waals surface area contributed by atoms with Gasteiger partial charge in [0, 0.05) is 6.54 Å². The normalized spacial score (nSPS) is 22.7. The van der Waals surface area contributed by atoms with Crippen LogP contribution in [0.15, 0.2) is 24.3 Å². The molecule has 2 rings (SSSR count). The molecule has 0 spiro atoms. The topological polar surface area (TPSA) is 21.3 Å². The van der Waals surface area contributed by atoms with Crippen molar-refractivity contribution in [1.29, 1.82) is 0 Å². The van der Waals surface area contributed by atoms with Gasteiger partial charge in [-0.25, -0.2) is 0 Å². The van der Waals surface area contributed by atoms with Crippen LogP contribution in [-0.4, -0.2) is 12.6 Å². The van der Waals surface area contributed by atoms with Crippen LogP contribution in [0.3, 0.4) is 0 Å². The van der Waals surface area contributed by atoms with Gasteiger partial charge in [-0.1, -0.05) is 32.4 Å². The number of benzene rings is 1. The molecule has 0 radical (unpaired) electrons. The summed E-state index contributed by atoms with van der Waals surface area (Å²) in [7, 11) is 0. The molecular weight excluding hydrogens is 246 g/mol. The molecule has 2 atom stereocenters. The summed E-state index contributed by atoms with van der Waals surface area (Å²) in [5, 5.41) is 3.45. The van der Waals surface area contributed by atoms with E-state index in [4.69, 9.17) is 4.74 Å². The second-order valence-corrected chi connectivity index (χ2v) is 5.93. The predicted molar refractivity (Wildman–Crippen MR) is 85.1 cm³/mol. The standard InChI is InChI=1S/C18H29NO/c1-3-12-19-14-15-8-7-10-17(13-15)20-18-11-6-5-9-16(18)4-2/h7-8,10,13,16,18-19H,3-6,9,11-12,14H2,1-2H3.